The molecular formula is C22H31N3O3. The highest BCUT2D eigenvalue weighted by atomic mass is 16.5. The molecule has 4 bridgehead atoms. The number of hydrogen-bond donors (Lipinski definition) is 3. The third-order valence-electron chi connectivity index (χ3n) is 6.61. The maximum absolute atomic E-state index is 12.6. The number of rotatable bonds is 6. The van der Waals surface area contributed by atoms with Crippen molar-refractivity contribution in [1.82, 2.24) is 10.6 Å². The zero-order chi connectivity index (χ0) is 19.7. The van der Waals surface area contributed by atoms with E-state index >= 15 is 0 Å². The topological polar surface area (TPSA) is 79.5 Å². The summed E-state index contributed by atoms with van der Waals surface area (Å²) >= 11 is 0. The van der Waals surface area contributed by atoms with Crippen LogP contribution in [0.25, 0.3) is 0 Å². The molecule has 4 aliphatic carbocycles. The molecule has 3 N–H and O–H groups in total. The van der Waals surface area contributed by atoms with E-state index in [1.165, 1.54) is 19.3 Å². The van der Waals surface area contributed by atoms with Gasteiger partial charge in [0.25, 0.3) is 0 Å². The Labute approximate surface area is 166 Å². The molecule has 6 nitrogen and oxygen atoms in total. The Morgan fingerprint density at radius 3 is 2.32 bits per heavy atom. The normalized spacial score (nSPS) is 31.1. The first kappa shape index (κ1) is 19.1. The molecule has 5 rings (SSSR count). The Morgan fingerprint density at radius 2 is 1.71 bits per heavy atom. The zero-order valence-electron chi connectivity index (χ0n) is 16.8. The number of ether oxygens (including phenoxy) is 1. The van der Waals surface area contributed by atoms with Crippen molar-refractivity contribution < 1.29 is 14.3 Å². The van der Waals surface area contributed by atoms with Crippen molar-refractivity contribution in [2.24, 2.45) is 17.8 Å². The van der Waals surface area contributed by atoms with Crippen molar-refractivity contribution in [2.75, 3.05) is 11.9 Å². The minimum atomic E-state index is -0.552. The molecule has 0 heterocycles. The molecule has 1 aromatic carbocycles. The van der Waals surface area contributed by atoms with E-state index in [2.05, 4.69) is 16.0 Å². The number of carbonyl (C=O) groups is 2. The van der Waals surface area contributed by atoms with E-state index < -0.39 is 6.04 Å². The predicted octanol–water partition coefficient (Wildman–Crippen LogP) is 3.68. The Balaban J connectivity index is 1.33. The molecule has 6 heteroatoms. The van der Waals surface area contributed by atoms with E-state index in [9.17, 15) is 9.59 Å². The number of benzene rings is 1. The number of urea groups is 1. The maximum Gasteiger partial charge on any atom is 0.321 e. The van der Waals surface area contributed by atoms with Crippen molar-refractivity contribution in [3.8, 4) is 5.75 Å². The summed E-state index contributed by atoms with van der Waals surface area (Å²) in [4.78, 5) is 25.1. The van der Waals surface area contributed by atoms with E-state index in [-0.39, 0.29) is 17.5 Å². The number of nitrogens with one attached hydrogen (secondary N) is 3. The molecule has 4 saturated carbocycles. The summed E-state index contributed by atoms with van der Waals surface area (Å²) in [5.41, 5.74) is 0.644. The highest BCUT2D eigenvalue weighted by molar-refractivity contribution is 5.98. The van der Waals surface area contributed by atoms with Crippen LogP contribution in [0.2, 0.25) is 0 Å². The highest BCUT2D eigenvalue weighted by Gasteiger charge is 2.51. The number of para-hydroxylation sites is 2. The van der Waals surface area contributed by atoms with Gasteiger partial charge in [-0.25, -0.2) is 4.79 Å². The number of hydrogen-bond acceptors (Lipinski definition) is 4. The van der Waals surface area contributed by atoms with Gasteiger partial charge in [-0.15, -0.1) is 0 Å². The molecule has 4 aliphatic rings. The SMILES string of the molecule is CCOc1ccccc1N[C@@H](C)C(=O)NC(=O)NC12CC3CC(CC(C3)C1)C2. The molecule has 152 valence electrons. The van der Waals surface area contributed by atoms with Crippen LogP contribution in [0.4, 0.5) is 10.5 Å². The lowest BCUT2D eigenvalue weighted by Gasteiger charge is -2.56. The molecule has 1 aromatic rings. The largest absolute Gasteiger partial charge is 0.492 e. The zero-order valence-corrected chi connectivity index (χ0v) is 16.8. The molecule has 0 spiro atoms. The molecule has 3 amide bonds. The summed E-state index contributed by atoms with van der Waals surface area (Å²) in [5.74, 6) is 2.60. The van der Waals surface area contributed by atoms with E-state index in [1.807, 2.05) is 31.2 Å². The van der Waals surface area contributed by atoms with Crippen LogP contribution in [0, 0.1) is 17.8 Å². The van der Waals surface area contributed by atoms with Crippen LogP contribution < -0.4 is 20.7 Å². The van der Waals surface area contributed by atoms with Gasteiger partial charge in [0, 0.05) is 5.54 Å². The van der Waals surface area contributed by atoms with Gasteiger partial charge in [-0.05, 0) is 82.3 Å². The van der Waals surface area contributed by atoms with Crippen LogP contribution in [-0.2, 0) is 4.79 Å². The van der Waals surface area contributed by atoms with Crippen molar-refractivity contribution >= 4 is 17.6 Å². The lowest BCUT2D eigenvalue weighted by molar-refractivity contribution is -0.120. The molecule has 0 radical (unpaired) electrons. The first-order chi connectivity index (χ1) is 13.5. The van der Waals surface area contributed by atoms with Crippen LogP contribution in [0.15, 0.2) is 24.3 Å². The number of carbonyl (C=O) groups excluding carboxylic acids is 2. The van der Waals surface area contributed by atoms with Gasteiger partial charge in [-0.3, -0.25) is 10.1 Å². The first-order valence-corrected chi connectivity index (χ1v) is 10.6. The van der Waals surface area contributed by atoms with Gasteiger partial charge in [-0.2, -0.15) is 0 Å². The van der Waals surface area contributed by atoms with Crippen molar-refractivity contribution in [1.29, 1.82) is 0 Å². The fraction of sp³-hybridized carbons (Fsp3) is 0.636. The monoisotopic (exact) mass is 385 g/mol. The Hall–Kier alpha value is -2.24. The van der Waals surface area contributed by atoms with Crippen molar-refractivity contribution in [2.45, 2.75) is 64.0 Å². The van der Waals surface area contributed by atoms with Gasteiger partial charge in [0.1, 0.15) is 11.8 Å². The van der Waals surface area contributed by atoms with Crippen LogP contribution in [0.3, 0.4) is 0 Å². The average Bonchev–Trinajstić information content (AvgIpc) is 2.61. The van der Waals surface area contributed by atoms with E-state index in [4.69, 9.17) is 4.74 Å². The first-order valence-electron chi connectivity index (χ1n) is 10.6. The highest BCUT2D eigenvalue weighted by Crippen LogP contribution is 2.55. The Bertz CT molecular complexity index is 713. The summed E-state index contributed by atoms with van der Waals surface area (Å²) < 4.78 is 5.58. The lowest BCUT2D eigenvalue weighted by Crippen LogP contribution is -2.62. The quantitative estimate of drug-likeness (QED) is 0.698. The Morgan fingerprint density at radius 1 is 1.11 bits per heavy atom. The fourth-order valence-corrected chi connectivity index (χ4v) is 5.92. The summed E-state index contributed by atoms with van der Waals surface area (Å²) in [5, 5.41) is 8.86. The lowest BCUT2D eigenvalue weighted by atomic mass is 9.53. The molecule has 0 saturated heterocycles. The van der Waals surface area contributed by atoms with E-state index in [1.54, 1.807) is 6.92 Å². The third-order valence-corrected chi connectivity index (χ3v) is 6.61. The van der Waals surface area contributed by atoms with Crippen LogP contribution in [0.5, 0.6) is 5.75 Å². The van der Waals surface area contributed by atoms with Gasteiger partial charge in [0.15, 0.2) is 0 Å². The molecule has 28 heavy (non-hydrogen) atoms. The van der Waals surface area contributed by atoms with Gasteiger partial charge in [0.05, 0.1) is 12.3 Å². The molecule has 1 atom stereocenters. The summed E-state index contributed by atoms with van der Waals surface area (Å²) in [7, 11) is 0. The van der Waals surface area contributed by atoms with Crippen LogP contribution in [0.1, 0.15) is 52.4 Å². The van der Waals surface area contributed by atoms with Gasteiger partial charge >= 0.3 is 6.03 Å². The number of imide groups is 1. The molecular weight excluding hydrogens is 354 g/mol. The van der Waals surface area contributed by atoms with E-state index in [0.717, 1.165) is 42.7 Å². The molecule has 0 aromatic heterocycles. The Kier molecular flexibility index (Phi) is 5.21. The minimum Gasteiger partial charge on any atom is -0.492 e. The second-order valence-corrected chi connectivity index (χ2v) is 8.94. The number of anilines is 1. The minimum absolute atomic E-state index is 0.0999. The van der Waals surface area contributed by atoms with Gasteiger partial charge in [-0.1, -0.05) is 12.1 Å². The predicted molar refractivity (Wildman–Crippen MR) is 108 cm³/mol. The second-order valence-electron chi connectivity index (χ2n) is 8.94. The van der Waals surface area contributed by atoms with Crippen molar-refractivity contribution in [3.63, 3.8) is 0 Å². The smallest absolute Gasteiger partial charge is 0.321 e. The van der Waals surface area contributed by atoms with Crippen LogP contribution in [-0.4, -0.2) is 30.1 Å². The summed E-state index contributed by atoms with van der Waals surface area (Å²) in [6.45, 7) is 4.21. The third kappa shape index (κ3) is 3.96. The molecule has 4 fully saturated rings. The molecule has 0 unspecified atom stereocenters. The maximum atomic E-state index is 12.6. The van der Waals surface area contributed by atoms with E-state index in [0.29, 0.717) is 12.4 Å². The fourth-order valence-electron chi connectivity index (χ4n) is 5.92. The van der Waals surface area contributed by atoms with Crippen molar-refractivity contribution in [3.05, 3.63) is 24.3 Å². The van der Waals surface area contributed by atoms with Gasteiger partial charge < -0.3 is 15.4 Å². The molecule has 0 aliphatic heterocycles. The standard InChI is InChI=1S/C22H31N3O3/c1-3-28-19-7-5-4-6-18(19)23-14(2)20(26)24-21(27)25-22-11-15-8-16(12-22)10-17(9-15)13-22/h4-7,14-17,23H,3,8-13H2,1-2H3,(H2,24,25,26,27)/t14-,15?,16?,17?,22?/m0/s1. The van der Waals surface area contributed by atoms with Gasteiger partial charge in [0.2, 0.25) is 5.91 Å². The second kappa shape index (κ2) is 7.64. The average molecular weight is 386 g/mol. The summed E-state index contributed by atoms with van der Waals surface area (Å²) in [6.07, 6.45) is 7.16. The summed E-state index contributed by atoms with van der Waals surface area (Å²) in [6, 6.07) is 6.58. The van der Waals surface area contributed by atoms with Crippen LogP contribution >= 0.6 is 0 Å². The number of amides is 3.